The molecule has 3 rings (SSSR count). The molecular formula is C16H22O6. The number of hydrogen-bond donors (Lipinski definition) is 0. The minimum absolute atomic E-state index is 0.249. The van der Waals surface area contributed by atoms with Gasteiger partial charge in [-0.2, -0.15) is 0 Å². The summed E-state index contributed by atoms with van der Waals surface area (Å²) in [4.78, 5) is 0. The maximum absolute atomic E-state index is 6.10. The molecule has 22 heavy (non-hydrogen) atoms. The van der Waals surface area contributed by atoms with Crippen LogP contribution in [0.1, 0.15) is 11.9 Å². The first kappa shape index (κ1) is 15.9. The highest BCUT2D eigenvalue weighted by Crippen LogP contribution is 2.35. The van der Waals surface area contributed by atoms with E-state index in [1.54, 1.807) is 21.3 Å². The van der Waals surface area contributed by atoms with Crippen LogP contribution in [-0.4, -0.2) is 58.6 Å². The molecule has 1 aromatic rings. The maximum Gasteiger partial charge on any atom is 0.186 e. The van der Waals surface area contributed by atoms with Crippen molar-refractivity contribution in [1.82, 2.24) is 0 Å². The largest absolute Gasteiger partial charge is 0.376 e. The van der Waals surface area contributed by atoms with Gasteiger partial charge in [0, 0.05) is 26.9 Å². The Kier molecular flexibility index (Phi) is 5.07. The van der Waals surface area contributed by atoms with Crippen molar-refractivity contribution in [2.75, 3.05) is 27.9 Å². The van der Waals surface area contributed by atoms with Gasteiger partial charge in [-0.1, -0.05) is 30.3 Å². The lowest BCUT2D eigenvalue weighted by Crippen LogP contribution is -2.63. The Morgan fingerprint density at radius 3 is 2.27 bits per heavy atom. The summed E-state index contributed by atoms with van der Waals surface area (Å²) in [7, 11) is 4.84. The minimum Gasteiger partial charge on any atom is -0.376 e. The Balaban J connectivity index is 1.79. The minimum atomic E-state index is -0.503. The van der Waals surface area contributed by atoms with Gasteiger partial charge in [0.05, 0.1) is 6.61 Å². The van der Waals surface area contributed by atoms with E-state index in [1.807, 2.05) is 30.3 Å². The monoisotopic (exact) mass is 310 g/mol. The molecule has 122 valence electrons. The number of ether oxygens (including phenoxy) is 6. The molecule has 0 spiro atoms. The third-order valence-electron chi connectivity index (χ3n) is 4.13. The molecule has 0 unspecified atom stereocenters. The molecular weight excluding hydrogens is 288 g/mol. The van der Waals surface area contributed by atoms with Crippen molar-refractivity contribution in [2.24, 2.45) is 0 Å². The van der Waals surface area contributed by atoms with Gasteiger partial charge in [0.25, 0.3) is 0 Å². The van der Waals surface area contributed by atoms with Gasteiger partial charge in [0.15, 0.2) is 12.6 Å². The van der Waals surface area contributed by atoms with E-state index in [-0.39, 0.29) is 24.4 Å². The molecule has 2 fully saturated rings. The molecule has 0 saturated carbocycles. The lowest BCUT2D eigenvalue weighted by atomic mass is 9.97. The lowest BCUT2D eigenvalue weighted by molar-refractivity contribution is -0.363. The van der Waals surface area contributed by atoms with Crippen molar-refractivity contribution in [2.45, 2.75) is 37.0 Å². The normalized spacial score (nSPS) is 38.5. The van der Waals surface area contributed by atoms with E-state index in [0.717, 1.165) is 5.56 Å². The zero-order valence-electron chi connectivity index (χ0n) is 13.0. The fourth-order valence-electron chi connectivity index (χ4n) is 3.03. The zero-order valence-corrected chi connectivity index (χ0v) is 13.0. The third-order valence-corrected chi connectivity index (χ3v) is 4.13. The van der Waals surface area contributed by atoms with Crippen molar-refractivity contribution < 1.29 is 28.4 Å². The summed E-state index contributed by atoms with van der Waals surface area (Å²) in [5.74, 6) is 0. The van der Waals surface area contributed by atoms with E-state index in [0.29, 0.717) is 6.61 Å². The topological polar surface area (TPSA) is 55.4 Å². The molecule has 2 saturated heterocycles. The highest BCUT2D eigenvalue weighted by Gasteiger charge is 2.50. The fourth-order valence-corrected chi connectivity index (χ4v) is 3.03. The highest BCUT2D eigenvalue weighted by molar-refractivity contribution is 5.16. The molecule has 2 aliphatic rings. The Morgan fingerprint density at radius 1 is 0.909 bits per heavy atom. The first-order valence-corrected chi connectivity index (χ1v) is 7.34. The van der Waals surface area contributed by atoms with Gasteiger partial charge in [0.1, 0.15) is 24.4 Å². The molecule has 6 atom stereocenters. The first-order chi connectivity index (χ1) is 10.8. The predicted octanol–water partition coefficient (Wildman–Crippen LogP) is 1.50. The molecule has 6 heteroatoms. The Bertz CT molecular complexity index is 467. The maximum atomic E-state index is 6.10. The van der Waals surface area contributed by atoms with Crippen LogP contribution in [0.15, 0.2) is 30.3 Å². The van der Waals surface area contributed by atoms with Crippen LogP contribution in [-0.2, 0) is 28.4 Å². The lowest BCUT2D eigenvalue weighted by Gasteiger charge is -2.48. The van der Waals surface area contributed by atoms with Crippen molar-refractivity contribution in [3.8, 4) is 0 Å². The SMILES string of the molecule is CO[C@H]1O[C@@H]2CO[C@H](c3ccccc3)O[C@H]2[C@H](OC)[C@H]1OC. The van der Waals surface area contributed by atoms with Crippen LogP contribution in [0.5, 0.6) is 0 Å². The van der Waals surface area contributed by atoms with Crippen molar-refractivity contribution >= 4 is 0 Å². The number of rotatable bonds is 4. The molecule has 0 aromatic heterocycles. The van der Waals surface area contributed by atoms with Gasteiger partial charge in [0.2, 0.25) is 0 Å². The Morgan fingerprint density at radius 2 is 1.64 bits per heavy atom. The van der Waals surface area contributed by atoms with Crippen LogP contribution in [0, 0.1) is 0 Å². The predicted molar refractivity (Wildman–Crippen MR) is 77.3 cm³/mol. The Hall–Kier alpha value is -1.02. The molecule has 1 aromatic carbocycles. The molecule has 0 radical (unpaired) electrons. The zero-order chi connectivity index (χ0) is 15.5. The average molecular weight is 310 g/mol. The number of benzene rings is 1. The van der Waals surface area contributed by atoms with Crippen LogP contribution in [0.2, 0.25) is 0 Å². The van der Waals surface area contributed by atoms with Crippen LogP contribution in [0.3, 0.4) is 0 Å². The van der Waals surface area contributed by atoms with Crippen LogP contribution in [0.4, 0.5) is 0 Å². The summed E-state index contributed by atoms with van der Waals surface area (Å²) >= 11 is 0. The second-order valence-electron chi connectivity index (χ2n) is 5.36. The van der Waals surface area contributed by atoms with E-state index in [4.69, 9.17) is 28.4 Å². The van der Waals surface area contributed by atoms with Gasteiger partial charge in [-0.3, -0.25) is 0 Å². The van der Waals surface area contributed by atoms with Gasteiger partial charge < -0.3 is 28.4 Å². The molecule has 6 nitrogen and oxygen atoms in total. The van der Waals surface area contributed by atoms with Gasteiger partial charge >= 0.3 is 0 Å². The summed E-state index contributed by atoms with van der Waals surface area (Å²) in [5, 5.41) is 0. The van der Waals surface area contributed by atoms with Crippen molar-refractivity contribution in [3.05, 3.63) is 35.9 Å². The average Bonchev–Trinajstić information content (AvgIpc) is 2.60. The van der Waals surface area contributed by atoms with E-state index in [1.165, 1.54) is 0 Å². The molecule has 0 bridgehead atoms. The van der Waals surface area contributed by atoms with Gasteiger partial charge in [-0.25, -0.2) is 0 Å². The second kappa shape index (κ2) is 7.04. The fraction of sp³-hybridized carbons (Fsp3) is 0.625. The first-order valence-electron chi connectivity index (χ1n) is 7.34. The third kappa shape index (κ3) is 2.90. The Labute approximate surface area is 130 Å². The van der Waals surface area contributed by atoms with E-state index < -0.39 is 12.6 Å². The van der Waals surface area contributed by atoms with Crippen molar-refractivity contribution in [1.29, 1.82) is 0 Å². The molecule has 2 aliphatic heterocycles. The quantitative estimate of drug-likeness (QED) is 0.840. The molecule has 0 amide bonds. The summed E-state index contributed by atoms with van der Waals surface area (Å²) in [6.07, 6.45) is -2.10. The standard InChI is InChI=1S/C16H22O6/c1-17-13-12-11(21-16(19-3)14(13)18-2)9-20-15(22-12)10-7-5-4-6-8-10/h4-8,11-16H,9H2,1-3H3/t11-,12-,13+,14-,15+,16+/m1/s1. The summed E-state index contributed by atoms with van der Waals surface area (Å²) < 4.78 is 34.2. The van der Waals surface area contributed by atoms with Crippen LogP contribution < -0.4 is 0 Å². The molecule has 0 N–H and O–H groups in total. The number of hydrogen-bond acceptors (Lipinski definition) is 6. The highest BCUT2D eigenvalue weighted by atomic mass is 16.8. The summed E-state index contributed by atoms with van der Waals surface area (Å²) in [6.45, 7) is 0.417. The van der Waals surface area contributed by atoms with Crippen molar-refractivity contribution in [3.63, 3.8) is 0 Å². The van der Waals surface area contributed by atoms with Gasteiger partial charge in [-0.15, -0.1) is 0 Å². The van der Waals surface area contributed by atoms with Gasteiger partial charge in [-0.05, 0) is 0 Å². The van der Waals surface area contributed by atoms with E-state index >= 15 is 0 Å². The molecule has 2 heterocycles. The second-order valence-corrected chi connectivity index (χ2v) is 5.36. The summed E-state index contributed by atoms with van der Waals surface area (Å²) in [6, 6.07) is 9.82. The summed E-state index contributed by atoms with van der Waals surface area (Å²) in [5.41, 5.74) is 0.971. The number of methoxy groups -OCH3 is 3. The number of fused-ring (bicyclic) bond motifs is 1. The van der Waals surface area contributed by atoms with E-state index in [2.05, 4.69) is 0 Å². The van der Waals surface area contributed by atoms with Crippen LogP contribution >= 0.6 is 0 Å². The molecule has 0 aliphatic carbocycles. The van der Waals surface area contributed by atoms with E-state index in [9.17, 15) is 0 Å². The smallest absolute Gasteiger partial charge is 0.186 e. The van der Waals surface area contributed by atoms with Crippen LogP contribution in [0.25, 0.3) is 0 Å².